The van der Waals surface area contributed by atoms with Gasteiger partial charge in [-0.1, -0.05) is 12.2 Å². The Kier molecular flexibility index (Phi) is 6.88. The second-order valence-corrected chi connectivity index (χ2v) is 5.51. The lowest BCUT2D eigenvalue weighted by Gasteiger charge is -2.12. The highest BCUT2D eigenvalue weighted by molar-refractivity contribution is 7.93. The Morgan fingerprint density at radius 2 is 2.12 bits per heavy atom. The van der Waals surface area contributed by atoms with Crippen LogP contribution in [-0.4, -0.2) is 44.8 Å². The highest BCUT2D eigenvalue weighted by Crippen LogP contribution is 1.98. The van der Waals surface area contributed by atoms with Crippen LogP contribution in [0.5, 0.6) is 0 Å². The van der Waals surface area contributed by atoms with E-state index >= 15 is 0 Å². The Morgan fingerprint density at radius 1 is 1.56 bits per heavy atom. The fraction of sp³-hybridized carbons (Fsp3) is 0.857. The predicted octanol–water partition coefficient (Wildman–Crippen LogP) is -0.138. The van der Waals surface area contributed by atoms with Gasteiger partial charge in [0.2, 0.25) is 10.0 Å². The third-order valence-electron chi connectivity index (χ3n) is 1.66. The summed E-state index contributed by atoms with van der Waals surface area (Å²) >= 11 is 4.53. The van der Waals surface area contributed by atoms with Crippen LogP contribution in [0.15, 0.2) is 0 Å². The molecule has 0 amide bonds. The molecule has 0 aromatic heterocycles. The molecule has 0 saturated heterocycles. The highest BCUT2D eigenvalue weighted by Gasteiger charge is 2.22. The van der Waals surface area contributed by atoms with Gasteiger partial charge in [-0.25, -0.2) is 21.9 Å². The van der Waals surface area contributed by atoms with E-state index in [-0.39, 0.29) is 18.1 Å². The zero-order chi connectivity index (χ0) is 12.8. The summed E-state index contributed by atoms with van der Waals surface area (Å²) in [5.41, 5.74) is 5.17. The molecule has 0 spiro atoms. The minimum atomic E-state index is -3.64. The smallest absolute Gasteiger partial charge is 0.261 e. The number of nitrogens with one attached hydrogen (secondary N) is 1. The van der Waals surface area contributed by atoms with Crippen molar-refractivity contribution < 1.29 is 21.9 Å². The molecule has 0 rings (SSSR count). The van der Waals surface area contributed by atoms with Gasteiger partial charge in [-0.15, -0.1) is 0 Å². The minimum Gasteiger partial charge on any atom is -0.392 e. The molecule has 96 valence electrons. The van der Waals surface area contributed by atoms with E-state index in [1.807, 2.05) is 0 Å². The third-order valence-corrected chi connectivity index (χ3v) is 3.95. The predicted molar refractivity (Wildman–Crippen MR) is 60.0 cm³/mol. The summed E-state index contributed by atoms with van der Waals surface area (Å²) < 4.78 is 52.7. The SMILES string of the molecule is CC(C(N)=S)S(=O)(=O)NCCOCC(F)F. The van der Waals surface area contributed by atoms with Crippen molar-refractivity contribution in [2.75, 3.05) is 19.8 Å². The summed E-state index contributed by atoms with van der Waals surface area (Å²) in [5, 5.41) is -1.00. The molecule has 0 fully saturated rings. The number of hydrogen-bond acceptors (Lipinski definition) is 4. The van der Waals surface area contributed by atoms with Crippen molar-refractivity contribution in [3.63, 3.8) is 0 Å². The molecule has 0 aliphatic heterocycles. The first kappa shape index (κ1) is 15.6. The maximum absolute atomic E-state index is 11.6. The zero-order valence-electron chi connectivity index (χ0n) is 8.65. The number of halogens is 2. The van der Waals surface area contributed by atoms with E-state index in [0.717, 1.165) is 0 Å². The second-order valence-electron chi connectivity index (χ2n) is 2.95. The first-order valence-corrected chi connectivity index (χ1v) is 6.36. The molecule has 0 bridgehead atoms. The van der Waals surface area contributed by atoms with E-state index in [2.05, 4.69) is 21.7 Å². The van der Waals surface area contributed by atoms with Crippen LogP contribution in [0.2, 0.25) is 0 Å². The lowest BCUT2D eigenvalue weighted by atomic mass is 10.5. The Morgan fingerprint density at radius 3 is 2.56 bits per heavy atom. The molecule has 0 aliphatic rings. The monoisotopic (exact) mass is 276 g/mol. The van der Waals surface area contributed by atoms with Crippen molar-refractivity contribution in [2.45, 2.75) is 18.6 Å². The molecule has 0 aromatic rings. The Hall–Kier alpha value is -0.380. The van der Waals surface area contributed by atoms with Crippen LogP contribution in [-0.2, 0) is 14.8 Å². The normalized spacial score (nSPS) is 14.0. The van der Waals surface area contributed by atoms with Crippen molar-refractivity contribution in [3.05, 3.63) is 0 Å². The lowest BCUT2D eigenvalue weighted by molar-refractivity contribution is 0.0199. The quantitative estimate of drug-likeness (QED) is 0.476. The number of nitrogens with two attached hydrogens (primary N) is 1. The summed E-state index contributed by atoms with van der Waals surface area (Å²) in [5.74, 6) is 0. The molecular formula is C7H14F2N2O3S2. The van der Waals surface area contributed by atoms with Gasteiger partial charge in [-0.3, -0.25) is 0 Å². The molecule has 1 unspecified atom stereocenters. The number of hydrogen-bond donors (Lipinski definition) is 2. The number of rotatable bonds is 8. The van der Waals surface area contributed by atoms with Crippen molar-refractivity contribution >= 4 is 27.2 Å². The van der Waals surface area contributed by atoms with Crippen molar-refractivity contribution in [1.29, 1.82) is 0 Å². The van der Waals surface area contributed by atoms with Crippen LogP contribution in [0, 0.1) is 0 Å². The number of alkyl halides is 2. The Bertz CT molecular complexity index is 322. The molecule has 0 saturated carbocycles. The molecule has 0 aromatic carbocycles. The maximum Gasteiger partial charge on any atom is 0.261 e. The highest BCUT2D eigenvalue weighted by atomic mass is 32.2. The topological polar surface area (TPSA) is 81.4 Å². The average molecular weight is 276 g/mol. The van der Waals surface area contributed by atoms with Crippen LogP contribution < -0.4 is 10.5 Å². The Labute approximate surface area is 98.4 Å². The molecule has 0 aliphatic carbocycles. The van der Waals surface area contributed by atoms with Gasteiger partial charge >= 0.3 is 0 Å². The van der Waals surface area contributed by atoms with Crippen LogP contribution in [0.4, 0.5) is 8.78 Å². The van der Waals surface area contributed by atoms with Gasteiger partial charge in [0.25, 0.3) is 6.43 Å². The molecule has 0 radical (unpaired) electrons. The number of sulfonamides is 1. The van der Waals surface area contributed by atoms with Gasteiger partial charge in [0, 0.05) is 6.54 Å². The summed E-state index contributed by atoms with van der Waals surface area (Å²) in [6.45, 7) is 0.396. The summed E-state index contributed by atoms with van der Waals surface area (Å²) in [4.78, 5) is -0.152. The van der Waals surface area contributed by atoms with Crippen molar-refractivity contribution in [2.24, 2.45) is 5.73 Å². The standard InChI is InChI=1S/C7H14F2N2O3S2/c1-5(7(10)15)16(12,13)11-2-3-14-4-6(8)9/h5-6,11H,2-4H2,1H3,(H2,10,15). The van der Waals surface area contributed by atoms with Crippen LogP contribution in [0.3, 0.4) is 0 Å². The largest absolute Gasteiger partial charge is 0.392 e. The zero-order valence-corrected chi connectivity index (χ0v) is 10.3. The van der Waals surface area contributed by atoms with E-state index in [4.69, 9.17) is 5.73 Å². The summed E-state index contributed by atoms with van der Waals surface area (Å²) in [6, 6.07) is 0. The van der Waals surface area contributed by atoms with Gasteiger partial charge in [-0.2, -0.15) is 0 Å². The summed E-state index contributed by atoms with van der Waals surface area (Å²) in [6.07, 6.45) is -2.56. The minimum absolute atomic E-state index is 0.0952. The van der Waals surface area contributed by atoms with E-state index in [9.17, 15) is 17.2 Å². The van der Waals surface area contributed by atoms with Gasteiger partial charge in [-0.05, 0) is 6.92 Å². The third kappa shape index (κ3) is 6.26. The van der Waals surface area contributed by atoms with Crippen molar-refractivity contribution in [1.82, 2.24) is 4.72 Å². The first-order valence-electron chi connectivity index (χ1n) is 4.41. The van der Waals surface area contributed by atoms with Crippen LogP contribution in [0.25, 0.3) is 0 Å². The van der Waals surface area contributed by atoms with Crippen LogP contribution in [0.1, 0.15) is 6.92 Å². The molecule has 5 nitrogen and oxygen atoms in total. The van der Waals surface area contributed by atoms with Gasteiger partial charge < -0.3 is 10.5 Å². The molecule has 3 N–H and O–H groups in total. The molecule has 0 heterocycles. The van der Waals surface area contributed by atoms with Gasteiger partial charge in [0.05, 0.1) is 11.6 Å². The fourth-order valence-electron chi connectivity index (χ4n) is 0.706. The van der Waals surface area contributed by atoms with E-state index in [1.54, 1.807) is 0 Å². The van der Waals surface area contributed by atoms with E-state index < -0.39 is 28.3 Å². The number of ether oxygens (including phenoxy) is 1. The van der Waals surface area contributed by atoms with Crippen molar-refractivity contribution in [3.8, 4) is 0 Å². The van der Waals surface area contributed by atoms with Gasteiger partial charge in [0.1, 0.15) is 11.9 Å². The van der Waals surface area contributed by atoms with Crippen LogP contribution >= 0.6 is 12.2 Å². The fourth-order valence-corrected chi connectivity index (χ4v) is 2.01. The lowest BCUT2D eigenvalue weighted by Crippen LogP contribution is -2.41. The molecular weight excluding hydrogens is 262 g/mol. The van der Waals surface area contributed by atoms with E-state index in [0.29, 0.717) is 0 Å². The molecule has 9 heteroatoms. The maximum atomic E-state index is 11.6. The Balaban J connectivity index is 3.88. The second kappa shape index (κ2) is 7.05. The molecule has 1 atom stereocenters. The summed E-state index contributed by atoms with van der Waals surface area (Å²) in [7, 11) is -3.64. The first-order chi connectivity index (χ1) is 7.27. The van der Waals surface area contributed by atoms with Gasteiger partial charge in [0.15, 0.2) is 0 Å². The number of thiocarbonyl (C=S) groups is 1. The molecule has 16 heavy (non-hydrogen) atoms. The average Bonchev–Trinajstić information content (AvgIpc) is 2.15. The van der Waals surface area contributed by atoms with E-state index in [1.165, 1.54) is 6.92 Å².